The van der Waals surface area contributed by atoms with Crippen molar-refractivity contribution in [2.75, 3.05) is 0 Å². The Kier molecular flexibility index (Phi) is 5.31. The largest absolute Gasteiger partial charge is 0.439 e. The van der Waals surface area contributed by atoms with Crippen LogP contribution in [0.15, 0.2) is 47.5 Å². The number of hydrogen-bond donors (Lipinski definition) is 3. The summed E-state index contributed by atoms with van der Waals surface area (Å²) in [6.45, 7) is 1.48. The summed E-state index contributed by atoms with van der Waals surface area (Å²) in [4.78, 5) is 26.8. The van der Waals surface area contributed by atoms with Crippen molar-refractivity contribution in [1.29, 1.82) is 0 Å². The second kappa shape index (κ2) is 7.51. The number of rotatable bonds is 6. The van der Waals surface area contributed by atoms with Gasteiger partial charge in [0.2, 0.25) is 15.9 Å². The number of benzene rings is 1. The van der Waals surface area contributed by atoms with E-state index in [0.717, 1.165) is 0 Å². The lowest BCUT2D eigenvalue weighted by Gasteiger charge is -2.18. The molecule has 1 aliphatic rings. The Morgan fingerprint density at radius 2 is 1.89 bits per heavy atom. The van der Waals surface area contributed by atoms with Crippen LogP contribution >= 0.6 is 11.6 Å². The van der Waals surface area contributed by atoms with Crippen LogP contribution in [0.5, 0.6) is 11.6 Å². The Balaban J connectivity index is 1.68. The predicted molar refractivity (Wildman–Crippen MR) is 96.0 cm³/mol. The van der Waals surface area contributed by atoms with Gasteiger partial charge in [-0.15, -0.1) is 0 Å². The second-order valence-electron chi connectivity index (χ2n) is 5.74. The van der Waals surface area contributed by atoms with Crippen LogP contribution in [0.4, 0.5) is 4.79 Å². The van der Waals surface area contributed by atoms with Crippen molar-refractivity contribution in [2.45, 2.75) is 23.9 Å². The van der Waals surface area contributed by atoms with Crippen LogP contribution in [-0.2, 0) is 14.8 Å². The number of carbonyl (C=O) groups is 2. The lowest BCUT2D eigenvalue weighted by Crippen LogP contribution is -2.49. The zero-order valence-corrected chi connectivity index (χ0v) is 15.5. The predicted octanol–water partition coefficient (Wildman–Crippen LogP) is 1.40. The van der Waals surface area contributed by atoms with E-state index in [1.54, 1.807) is 12.1 Å². The average Bonchev–Trinajstić information content (AvgIpc) is 2.95. The Morgan fingerprint density at radius 3 is 2.44 bits per heavy atom. The van der Waals surface area contributed by atoms with E-state index in [9.17, 15) is 18.0 Å². The van der Waals surface area contributed by atoms with Crippen LogP contribution < -0.4 is 20.1 Å². The molecule has 1 aliphatic heterocycles. The lowest BCUT2D eigenvalue weighted by molar-refractivity contribution is -0.120. The van der Waals surface area contributed by atoms with Crippen LogP contribution in [0, 0.1) is 0 Å². The third kappa shape index (κ3) is 4.54. The fourth-order valence-electron chi connectivity index (χ4n) is 2.40. The third-order valence-corrected chi connectivity index (χ3v) is 5.50. The van der Waals surface area contributed by atoms with E-state index in [1.807, 2.05) is 0 Å². The van der Waals surface area contributed by atoms with Crippen molar-refractivity contribution in [1.82, 2.24) is 20.3 Å². The van der Waals surface area contributed by atoms with E-state index in [2.05, 4.69) is 20.3 Å². The van der Waals surface area contributed by atoms with Gasteiger partial charge in [-0.25, -0.2) is 22.9 Å². The zero-order chi connectivity index (χ0) is 19.6. The van der Waals surface area contributed by atoms with Crippen molar-refractivity contribution in [3.05, 3.63) is 47.6 Å². The molecule has 27 heavy (non-hydrogen) atoms. The molecule has 2 atom stereocenters. The van der Waals surface area contributed by atoms with E-state index in [0.29, 0.717) is 16.7 Å². The Hall–Kier alpha value is -2.69. The van der Waals surface area contributed by atoms with Crippen molar-refractivity contribution >= 4 is 33.6 Å². The first-order valence-electron chi connectivity index (χ1n) is 7.78. The first-order valence-corrected chi connectivity index (χ1v) is 9.64. The molecular weight excluding hydrogens is 396 g/mol. The van der Waals surface area contributed by atoms with Crippen molar-refractivity contribution in [3.63, 3.8) is 0 Å². The van der Waals surface area contributed by atoms with Crippen molar-refractivity contribution in [2.24, 2.45) is 0 Å². The minimum absolute atomic E-state index is 0.0181. The number of sulfonamides is 1. The molecule has 3 amide bonds. The lowest BCUT2D eigenvalue weighted by atomic mass is 10.1. The van der Waals surface area contributed by atoms with Gasteiger partial charge in [-0.2, -0.15) is 0 Å². The Labute approximate surface area is 160 Å². The molecule has 2 heterocycles. The molecule has 11 heteroatoms. The summed E-state index contributed by atoms with van der Waals surface area (Å²) < 4.78 is 32.8. The van der Waals surface area contributed by atoms with E-state index in [4.69, 9.17) is 16.3 Å². The summed E-state index contributed by atoms with van der Waals surface area (Å²) in [6, 6.07) is 6.37. The zero-order valence-electron chi connectivity index (χ0n) is 14.0. The number of aromatic nitrogens is 1. The number of imide groups is 1. The van der Waals surface area contributed by atoms with Gasteiger partial charge in [0, 0.05) is 18.3 Å². The minimum Gasteiger partial charge on any atom is -0.439 e. The summed E-state index contributed by atoms with van der Waals surface area (Å²) >= 11 is 5.75. The van der Waals surface area contributed by atoms with Gasteiger partial charge >= 0.3 is 6.03 Å². The van der Waals surface area contributed by atoms with E-state index < -0.39 is 34.0 Å². The number of hydrogen-bond acceptors (Lipinski definition) is 6. The molecule has 1 aromatic carbocycles. The molecule has 0 radical (unpaired) electrons. The van der Waals surface area contributed by atoms with Crippen LogP contribution in [0.1, 0.15) is 6.92 Å². The second-order valence-corrected chi connectivity index (χ2v) is 7.89. The van der Waals surface area contributed by atoms with Crippen molar-refractivity contribution < 1.29 is 22.7 Å². The maximum absolute atomic E-state index is 12.5. The van der Waals surface area contributed by atoms with Gasteiger partial charge in [-0.05, 0) is 37.3 Å². The van der Waals surface area contributed by atoms with Gasteiger partial charge < -0.3 is 10.1 Å². The van der Waals surface area contributed by atoms with Crippen LogP contribution in [-0.4, -0.2) is 37.4 Å². The molecule has 1 fully saturated rings. The molecule has 0 bridgehead atoms. The van der Waals surface area contributed by atoms with E-state index >= 15 is 0 Å². The number of nitrogens with zero attached hydrogens (tertiary/aromatic N) is 1. The summed E-state index contributed by atoms with van der Waals surface area (Å²) in [6.07, 6.45) is 1.43. The number of nitrogens with one attached hydrogen (secondary N) is 3. The topological polar surface area (TPSA) is 126 Å². The Bertz CT molecular complexity index is 963. The van der Waals surface area contributed by atoms with Crippen LogP contribution in [0.2, 0.25) is 5.02 Å². The minimum atomic E-state index is -3.90. The molecular formula is C16H15ClN4O5S. The molecule has 9 nitrogen and oxygen atoms in total. The van der Waals surface area contributed by atoms with Gasteiger partial charge in [0.1, 0.15) is 11.8 Å². The first kappa shape index (κ1) is 19.1. The average molecular weight is 411 g/mol. The SMILES string of the molecule is CC(NS(=O)(=O)c1ccc(Oc2ccc(Cl)cn2)cc1)C1NC(=O)NC1=O. The highest BCUT2D eigenvalue weighted by atomic mass is 35.5. The number of urea groups is 1. The summed E-state index contributed by atoms with van der Waals surface area (Å²) in [5.74, 6) is 0.110. The molecule has 0 spiro atoms. The number of amides is 3. The van der Waals surface area contributed by atoms with Gasteiger partial charge in [0.25, 0.3) is 5.91 Å². The highest BCUT2D eigenvalue weighted by Gasteiger charge is 2.36. The fourth-order valence-corrected chi connectivity index (χ4v) is 3.76. The number of halogens is 1. The van der Waals surface area contributed by atoms with Gasteiger partial charge in [0.05, 0.1) is 9.92 Å². The summed E-state index contributed by atoms with van der Waals surface area (Å²) in [5.41, 5.74) is 0. The molecule has 2 aromatic rings. The number of ether oxygens (including phenoxy) is 1. The Morgan fingerprint density at radius 1 is 1.19 bits per heavy atom. The van der Waals surface area contributed by atoms with Crippen LogP contribution in [0.3, 0.4) is 0 Å². The maximum atomic E-state index is 12.5. The quantitative estimate of drug-likeness (QED) is 0.618. The van der Waals surface area contributed by atoms with Gasteiger partial charge in [-0.3, -0.25) is 10.1 Å². The third-order valence-electron chi connectivity index (χ3n) is 3.70. The van der Waals surface area contributed by atoms with Crippen molar-refractivity contribution in [3.8, 4) is 11.6 Å². The summed E-state index contributed by atoms with van der Waals surface area (Å²) in [7, 11) is -3.90. The molecule has 0 saturated carbocycles. The van der Waals surface area contributed by atoms with E-state index in [1.165, 1.54) is 37.4 Å². The van der Waals surface area contributed by atoms with Gasteiger partial charge in [-0.1, -0.05) is 11.6 Å². The molecule has 2 unspecified atom stereocenters. The number of pyridine rings is 1. The monoisotopic (exact) mass is 410 g/mol. The molecule has 3 N–H and O–H groups in total. The molecule has 3 rings (SSSR count). The standard InChI is InChI=1S/C16H15ClN4O5S/c1-9(14-15(22)20-16(23)19-14)21-27(24,25)12-5-3-11(4-6-12)26-13-7-2-10(17)8-18-13/h2-9,14,21H,1H3,(H2,19,20,22,23). The molecule has 0 aliphatic carbocycles. The fraction of sp³-hybridized carbons (Fsp3) is 0.188. The van der Waals surface area contributed by atoms with E-state index in [-0.39, 0.29) is 4.90 Å². The highest BCUT2D eigenvalue weighted by molar-refractivity contribution is 7.89. The normalized spacial score (nSPS) is 17.9. The highest BCUT2D eigenvalue weighted by Crippen LogP contribution is 2.22. The molecule has 1 aromatic heterocycles. The number of carbonyl (C=O) groups excluding carboxylic acids is 2. The van der Waals surface area contributed by atoms with Gasteiger partial charge in [0.15, 0.2) is 0 Å². The molecule has 142 valence electrons. The maximum Gasteiger partial charge on any atom is 0.322 e. The van der Waals surface area contributed by atoms with Crippen LogP contribution in [0.25, 0.3) is 0 Å². The summed E-state index contributed by atoms with van der Waals surface area (Å²) in [5, 5.41) is 4.88. The molecule has 1 saturated heterocycles. The first-order chi connectivity index (χ1) is 12.7. The smallest absolute Gasteiger partial charge is 0.322 e.